The molecule has 0 aliphatic carbocycles. The number of hydrazine groups is 1. The second-order valence-corrected chi connectivity index (χ2v) is 4.94. The SMILES string of the molecule is CCCc1nnsc1C(NN)c1c(OC)cnn1C. The van der Waals surface area contributed by atoms with E-state index < -0.39 is 0 Å². The standard InChI is InChI=1S/C11H18N6OS/c1-4-5-7-11(19-16-15-7)9(14-12)10-8(18-3)6-13-17(10)2/h6,9,14H,4-5,12H2,1-3H3. The molecule has 7 nitrogen and oxygen atoms in total. The molecule has 0 aliphatic rings. The highest BCUT2D eigenvalue weighted by Gasteiger charge is 2.26. The van der Waals surface area contributed by atoms with Crippen LogP contribution < -0.4 is 16.0 Å². The molecule has 2 heterocycles. The third-order valence-electron chi connectivity index (χ3n) is 2.94. The van der Waals surface area contributed by atoms with Gasteiger partial charge in [-0.3, -0.25) is 10.5 Å². The molecule has 2 rings (SSSR count). The minimum absolute atomic E-state index is 0.219. The fourth-order valence-electron chi connectivity index (χ4n) is 2.04. The second kappa shape index (κ2) is 6.09. The average Bonchev–Trinajstić information content (AvgIpc) is 3.00. The molecule has 0 amide bonds. The van der Waals surface area contributed by atoms with Gasteiger partial charge in [-0.25, -0.2) is 5.43 Å². The first-order chi connectivity index (χ1) is 9.22. The fraction of sp³-hybridized carbons (Fsp3) is 0.545. The molecule has 0 radical (unpaired) electrons. The summed E-state index contributed by atoms with van der Waals surface area (Å²) in [5, 5.41) is 8.37. The van der Waals surface area contributed by atoms with E-state index in [2.05, 4.69) is 27.0 Å². The lowest BCUT2D eigenvalue weighted by atomic mass is 10.1. The van der Waals surface area contributed by atoms with E-state index in [-0.39, 0.29) is 6.04 Å². The summed E-state index contributed by atoms with van der Waals surface area (Å²) in [4.78, 5) is 1.01. The molecule has 3 N–H and O–H groups in total. The van der Waals surface area contributed by atoms with Crippen molar-refractivity contribution in [3.8, 4) is 5.75 Å². The van der Waals surface area contributed by atoms with Crippen LogP contribution in [0.2, 0.25) is 0 Å². The van der Waals surface area contributed by atoms with Crippen molar-refractivity contribution in [1.82, 2.24) is 24.8 Å². The Kier molecular flexibility index (Phi) is 4.46. The maximum Gasteiger partial charge on any atom is 0.162 e. The maximum absolute atomic E-state index is 5.72. The van der Waals surface area contributed by atoms with Crippen molar-refractivity contribution >= 4 is 11.5 Å². The van der Waals surface area contributed by atoms with Crippen LogP contribution in [0.1, 0.15) is 35.7 Å². The monoisotopic (exact) mass is 282 g/mol. The molecule has 0 fully saturated rings. The van der Waals surface area contributed by atoms with Crippen LogP contribution >= 0.6 is 11.5 Å². The van der Waals surface area contributed by atoms with E-state index >= 15 is 0 Å². The Morgan fingerprint density at radius 3 is 3.00 bits per heavy atom. The number of nitrogens with two attached hydrogens (primary N) is 1. The summed E-state index contributed by atoms with van der Waals surface area (Å²) in [5.41, 5.74) is 4.65. The number of ether oxygens (including phenoxy) is 1. The Hall–Kier alpha value is -1.51. The highest BCUT2D eigenvalue weighted by Crippen LogP contribution is 2.32. The van der Waals surface area contributed by atoms with Crippen molar-refractivity contribution in [3.05, 3.63) is 22.5 Å². The quantitative estimate of drug-likeness (QED) is 0.601. The van der Waals surface area contributed by atoms with E-state index in [1.54, 1.807) is 18.0 Å². The average molecular weight is 282 g/mol. The predicted molar refractivity (Wildman–Crippen MR) is 72.8 cm³/mol. The number of rotatable bonds is 6. The van der Waals surface area contributed by atoms with Gasteiger partial charge >= 0.3 is 0 Å². The molecule has 104 valence electrons. The first kappa shape index (κ1) is 13.9. The zero-order valence-electron chi connectivity index (χ0n) is 11.3. The van der Waals surface area contributed by atoms with E-state index in [0.29, 0.717) is 5.75 Å². The van der Waals surface area contributed by atoms with Crippen LogP contribution in [-0.4, -0.2) is 26.5 Å². The van der Waals surface area contributed by atoms with Gasteiger partial charge < -0.3 is 4.74 Å². The Labute approximate surface area is 115 Å². The van der Waals surface area contributed by atoms with Crippen molar-refractivity contribution < 1.29 is 4.74 Å². The van der Waals surface area contributed by atoms with Gasteiger partial charge in [-0.1, -0.05) is 17.8 Å². The Balaban J connectivity index is 2.44. The van der Waals surface area contributed by atoms with E-state index in [1.165, 1.54) is 11.5 Å². The Bertz CT molecular complexity index is 537. The van der Waals surface area contributed by atoms with Crippen LogP contribution in [0.15, 0.2) is 6.20 Å². The Morgan fingerprint density at radius 1 is 1.58 bits per heavy atom. The first-order valence-electron chi connectivity index (χ1n) is 6.06. The van der Waals surface area contributed by atoms with Crippen molar-refractivity contribution in [2.45, 2.75) is 25.8 Å². The van der Waals surface area contributed by atoms with Crippen molar-refractivity contribution in [3.63, 3.8) is 0 Å². The molecule has 2 aromatic heterocycles. The number of aryl methyl sites for hydroxylation is 2. The van der Waals surface area contributed by atoms with Gasteiger partial charge in [-0.05, 0) is 18.0 Å². The summed E-state index contributed by atoms with van der Waals surface area (Å²) in [6.45, 7) is 2.11. The molecule has 0 saturated heterocycles. The second-order valence-electron chi connectivity index (χ2n) is 4.16. The van der Waals surface area contributed by atoms with E-state index in [1.807, 2.05) is 7.05 Å². The van der Waals surface area contributed by atoms with Crippen molar-refractivity contribution in [2.75, 3.05) is 7.11 Å². The highest BCUT2D eigenvalue weighted by atomic mass is 32.1. The lowest BCUT2D eigenvalue weighted by Crippen LogP contribution is -2.30. The van der Waals surface area contributed by atoms with Crippen LogP contribution in [0.4, 0.5) is 0 Å². The van der Waals surface area contributed by atoms with E-state index in [4.69, 9.17) is 10.6 Å². The molecule has 8 heteroatoms. The van der Waals surface area contributed by atoms with Crippen LogP contribution in [0, 0.1) is 0 Å². The molecule has 2 aromatic rings. The minimum Gasteiger partial charge on any atom is -0.493 e. The lowest BCUT2D eigenvalue weighted by Gasteiger charge is -2.16. The summed E-state index contributed by atoms with van der Waals surface area (Å²) >= 11 is 1.35. The molecule has 0 aliphatic heterocycles. The molecule has 19 heavy (non-hydrogen) atoms. The number of hydrogen-bond acceptors (Lipinski definition) is 7. The summed E-state index contributed by atoms with van der Waals surface area (Å²) in [7, 11) is 3.47. The topological polar surface area (TPSA) is 90.9 Å². The predicted octanol–water partition coefficient (Wildman–Crippen LogP) is 0.785. The zero-order valence-corrected chi connectivity index (χ0v) is 12.1. The van der Waals surface area contributed by atoms with Crippen LogP contribution in [-0.2, 0) is 13.5 Å². The molecular formula is C11H18N6OS. The highest BCUT2D eigenvalue weighted by molar-refractivity contribution is 7.05. The number of hydrogen-bond donors (Lipinski definition) is 2. The normalized spacial score (nSPS) is 12.6. The number of methoxy groups -OCH3 is 1. The molecule has 0 bridgehead atoms. The van der Waals surface area contributed by atoms with Crippen LogP contribution in [0.5, 0.6) is 5.75 Å². The van der Waals surface area contributed by atoms with E-state index in [0.717, 1.165) is 29.1 Å². The molecule has 1 unspecified atom stereocenters. The van der Waals surface area contributed by atoms with Gasteiger partial charge in [0.2, 0.25) is 0 Å². The zero-order chi connectivity index (χ0) is 13.8. The van der Waals surface area contributed by atoms with Crippen LogP contribution in [0.3, 0.4) is 0 Å². The Morgan fingerprint density at radius 2 is 2.37 bits per heavy atom. The summed E-state index contributed by atoms with van der Waals surface area (Å²) < 4.78 is 11.1. The summed E-state index contributed by atoms with van der Waals surface area (Å²) in [6.07, 6.45) is 3.57. The van der Waals surface area contributed by atoms with Crippen molar-refractivity contribution in [2.24, 2.45) is 12.9 Å². The molecular weight excluding hydrogens is 264 g/mol. The van der Waals surface area contributed by atoms with Gasteiger partial charge in [0.05, 0.1) is 23.9 Å². The van der Waals surface area contributed by atoms with Gasteiger partial charge in [0.25, 0.3) is 0 Å². The first-order valence-corrected chi connectivity index (χ1v) is 6.83. The fourth-order valence-corrected chi connectivity index (χ4v) is 2.80. The van der Waals surface area contributed by atoms with E-state index in [9.17, 15) is 0 Å². The maximum atomic E-state index is 5.72. The van der Waals surface area contributed by atoms with Gasteiger partial charge in [-0.2, -0.15) is 5.10 Å². The van der Waals surface area contributed by atoms with Gasteiger partial charge in [-0.15, -0.1) is 5.10 Å². The molecule has 0 aromatic carbocycles. The summed E-state index contributed by atoms with van der Waals surface area (Å²) in [5.74, 6) is 6.41. The molecule has 1 atom stereocenters. The summed E-state index contributed by atoms with van der Waals surface area (Å²) in [6, 6.07) is -0.219. The van der Waals surface area contributed by atoms with Gasteiger partial charge in [0.15, 0.2) is 5.75 Å². The molecule has 0 spiro atoms. The number of nitrogens with zero attached hydrogens (tertiary/aromatic N) is 4. The van der Waals surface area contributed by atoms with Gasteiger partial charge in [0.1, 0.15) is 11.7 Å². The van der Waals surface area contributed by atoms with Crippen molar-refractivity contribution in [1.29, 1.82) is 0 Å². The largest absolute Gasteiger partial charge is 0.493 e. The number of nitrogens with one attached hydrogen (secondary N) is 1. The third kappa shape index (κ3) is 2.60. The lowest BCUT2D eigenvalue weighted by molar-refractivity contribution is 0.401. The van der Waals surface area contributed by atoms with Gasteiger partial charge in [0, 0.05) is 7.05 Å². The minimum atomic E-state index is -0.219. The number of aromatic nitrogens is 4. The smallest absolute Gasteiger partial charge is 0.162 e. The van der Waals surface area contributed by atoms with Crippen LogP contribution in [0.25, 0.3) is 0 Å². The molecule has 0 saturated carbocycles. The third-order valence-corrected chi connectivity index (χ3v) is 3.77.